The summed E-state index contributed by atoms with van der Waals surface area (Å²) in [6.07, 6.45) is -3.14. The van der Waals surface area contributed by atoms with Crippen molar-refractivity contribution in [3.63, 3.8) is 0 Å². The minimum absolute atomic E-state index is 0.161. The van der Waals surface area contributed by atoms with Gasteiger partial charge in [-0.1, -0.05) is 15.9 Å². The Morgan fingerprint density at radius 3 is 2.46 bits per heavy atom. The molecule has 1 aromatic rings. The minimum Gasteiger partial charge on any atom is -0.250 e. The topological polar surface area (TPSA) is 12.9 Å². The van der Waals surface area contributed by atoms with Crippen LogP contribution in [0.25, 0.3) is 0 Å². The Morgan fingerprint density at radius 2 is 2.08 bits per heavy atom. The quantitative estimate of drug-likeness (QED) is 0.421. The van der Waals surface area contributed by atoms with E-state index in [1.165, 1.54) is 0 Å². The molecule has 1 heterocycles. The third-order valence-corrected chi connectivity index (χ3v) is 2.93. The Kier molecular flexibility index (Phi) is 3.56. The van der Waals surface area contributed by atoms with Crippen molar-refractivity contribution in [1.82, 2.24) is 4.98 Å². The SMILES string of the molecule is FC(F)(F)c1ccnc(I)c1CBr. The van der Waals surface area contributed by atoms with Crippen LogP contribution in [0.1, 0.15) is 11.1 Å². The Bertz CT molecular complexity index is 313. The van der Waals surface area contributed by atoms with E-state index in [4.69, 9.17) is 0 Å². The highest BCUT2D eigenvalue weighted by molar-refractivity contribution is 14.1. The van der Waals surface area contributed by atoms with Crippen LogP contribution in [0.4, 0.5) is 13.2 Å². The Morgan fingerprint density at radius 1 is 1.46 bits per heavy atom. The molecule has 0 bridgehead atoms. The largest absolute Gasteiger partial charge is 0.416 e. The maximum absolute atomic E-state index is 12.4. The van der Waals surface area contributed by atoms with E-state index in [2.05, 4.69) is 20.9 Å². The van der Waals surface area contributed by atoms with Gasteiger partial charge in [-0.3, -0.25) is 0 Å². The molecule has 1 rings (SSSR count). The molecule has 6 heteroatoms. The molecular weight excluding hydrogens is 362 g/mol. The molecule has 0 unspecified atom stereocenters. The monoisotopic (exact) mass is 365 g/mol. The van der Waals surface area contributed by atoms with E-state index in [-0.39, 0.29) is 10.9 Å². The van der Waals surface area contributed by atoms with Gasteiger partial charge in [-0.25, -0.2) is 4.98 Å². The number of halogens is 5. The van der Waals surface area contributed by atoms with Crippen LogP contribution in [0.15, 0.2) is 12.3 Å². The molecule has 0 atom stereocenters. The molecule has 0 aliphatic rings. The first kappa shape index (κ1) is 11.2. The third-order valence-electron chi connectivity index (χ3n) is 1.44. The van der Waals surface area contributed by atoms with Crippen LogP contribution in [-0.2, 0) is 11.5 Å². The molecule has 0 amide bonds. The second kappa shape index (κ2) is 4.12. The summed E-state index contributed by atoms with van der Waals surface area (Å²) in [6.45, 7) is 0. The first-order valence-electron chi connectivity index (χ1n) is 3.23. The molecule has 0 N–H and O–H groups in total. The van der Waals surface area contributed by atoms with E-state index in [1.807, 2.05) is 0 Å². The van der Waals surface area contributed by atoms with E-state index in [1.54, 1.807) is 22.6 Å². The number of hydrogen-bond donors (Lipinski definition) is 0. The number of pyridine rings is 1. The second-order valence-corrected chi connectivity index (χ2v) is 3.84. The van der Waals surface area contributed by atoms with E-state index in [0.717, 1.165) is 12.3 Å². The van der Waals surface area contributed by atoms with E-state index in [0.29, 0.717) is 3.70 Å². The number of rotatable bonds is 1. The smallest absolute Gasteiger partial charge is 0.250 e. The molecule has 0 aliphatic heterocycles. The summed E-state index contributed by atoms with van der Waals surface area (Å²) in [6, 6.07) is 0.985. The standard InChI is InChI=1S/C7H4BrF3IN/c8-3-4-5(7(9,10)11)1-2-13-6(4)12/h1-2H,3H2. The molecule has 0 radical (unpaired) electrons. The van der Waals surface area contributed by atoms with Gasteiger partial charge >= 0.3 is 6.18 Å². The number of alkyl halides is 4. The highest BCUT2D eigenvalue weighted by Gasteiger charge is 2.33. The summed E-state index contributed by atoms with van der Waals surface area (Å²) >= 11 is 4.79. The molecule has 0 aliphatic carbocycles. The fourth-order valence-corrected chi connectivity index (χ4v) is 2.59. The van der Waals surface area contributed by atoms with Crippen molar-refractivity contribution in [1.29, 1.82) is 0 Å². The van der Waals surface area contributed by atoms with Gasteiger partial charge in [0.05, 0.1) is 5.56 Å². The van der Waals surface area contributed by atoms with Gasteiger partial charge in [0.2, 0.25) is 0 Å². The highest BCUT2D eigenvalue weighted by Crippen LogP contribution is 2.33. The van der Waals surface area contributed by atoms with Crippen LogP contribution in [0, 0.1) is 3.70 Å². The summed E-state index contributed by atoms with van der Waals surface area (Å²) in [5, 5.41) is 0.161. The van der Waals surface area contributed by atoms with Gasteiger partial charge in [0.15, 0.2) is 0 Å². The van der Waals surface area contributed by atoms with Crippen LogP contribution >= 0.6 is 38.5 Å². The minimum atomic E-state index is -4.30. The predicted octanol–water partition coefficient (Wildman–Crippen LogP) is 3.60. The van der Waals surface area contributed by atoms with Gasteiger partial charge in [-0.05, 0) is 28.7 Å². The fraction of sp³-hybridized carbons (Fsp3) is 0.286. The second-order valence-electron chi connectivity index (χ2n) is 2.26. The molecule has 0 saturated heterocycles. The number of nitrogens with zero attached hydrogens (tertiary/aromatic N) is 1. The molecule has 0 saturated carbocycles. The van der Waals surface area contributed by atoms with Crippen LogP contribution < -0.4 is 0 Å². The summed E-state index contributed by atoms with van der Waals surface area (Å²) in [5.41, 5.74) is -0.431. The molecule has 1 nitrogen and oxygen atoms in total. The van der Waals surface area contributed by atoms with Crippen LogP contribution in [-0.4, -0.2) is 4.98 Å². The van der Waals surface area contributed by atoms with Crippen LogP contribution in [0.2, 0.25) is 0 Å². The van der Waals surface area contributed by atoms with Gasteiger partial charge in [-0.15, -0.1) is 0 Å². The van der Waals surface area contributed by atoms with Crippen LogP contribution in [0.3, 0.4) is 0 Å². The third kappa shape index (κ3) is 2.55. The van der Waals surface area contributed by atoms with E-state index in [9.17, 15) is 13.2 Å². The van der Waals surface area contributed by atoms with Crippen LogP contribution in [0.5, 0.6) is 0 Å². The maximum Gasteiger partial charge on any atom is 0.416 e. The zero-order valence-electron chi connectivity index (χ0n) is 6.20. The average Bonchev–Trinajstić information content (AvgIpc) is 2.02. The zero-order chi connectivity index (χ0) is 10.1. The van der Waals surface area contributed by atoms with Crippen molar-refractivity contribution < 1.29 is 13.2 Å². The maximum atomic E-state index is 12.4. The Hall–Kier alpha value is 0.150. The van der Waals surface area contributed by atoms with Crippen molar-refractivity contribution in [2.24, 2.45) is 0 Å². The summed E-state index contributed by atoms with van der Waals surface area (Å²) in [5.74, 6) is 0. The molecule has 72 valence electrons. The van der Waals surface area contributed by atoms with Crippen molar-refractivity contribution in [3.8, 4) is 0 Å². The summed E-state index contributed by atoms with van der Waals surface area (Å²) < 4.78 is 37.5. The molecular formula is C7H4BrF3IN. The first-order valence-corrected chi connectivity index (χ1v) is 5.43. The number of aromatic nitrogens is 1. The zero-order valence-corrected chi connectivity index (χ0v) is 9.94. The summed E-state index contributed by atoms with van der Waals surface area (Å²) in [4.78, 5) is 3.78. The molecule has 0 spiro atoms. The lowest BCUT2D eigenvalue weighted by atomic mass is 10.1. The normalized spacial score (nSPS) is 11.8. The Labute approximate surface area is 95.0 Å². The molecule has 0 fully saturated rings. The molecule has 1 aromatic heterocycles. The van der Waals surface area contributed by atoms with Crippen molar-refractivity contribution in [2.45, 2.75) is 11.5 Å². The lowest BCUT2D eigenvalue weighted by Crippen LogP contribution is -2.10. The van der Waals surface area contributed by atoms with Gasteiger partial charge in [0.25, 0.3) is 0 Å². The molecule has 0 aromatic carbocycles. The van der Waals surface area contributed by atoms with E-state index < -0.39 is 11.7 Å². The summed E-state index contributed by atoms with van der Waals surface area (Å²) in [7, 11) is 0. The van der Waals surface area contributed by atoms with Crippen molar-refractivity contribution in [2.75, 3.05) is 0 Å². The first-order chi connectivity index (χ1) is 5.96. The number of hydrogen-bond acceptors (Lipinski definition) is 1. The lowest BCUT2D eigenvalue weighted by molar-refractivity contribution is -0.138. The molecule has 13 heavy (non-hydrogen) atoms. The van der Waals surface area contributed by atoms with Crippen molar-refractivity contribution >= 4 is 38.5 Å². The van der Waals surface area contributed by atoms with Crippen molar-refractivity contribution in [3.05, 3.63) is 27.1 Å². The Balaban J connectivity index is 3.29. The highest BCUT2D eigenvalue weighted by atomic mass is 127. The van der Waals surface area contributed by atoms with Gasteiger partial charge in [-0.2, -0.15) is 13.2 Å². The van der Waals surface area contributed by atoms with Gasteiger partial charge < -0.3 is 0 Å². The fourth-order valence-electron chi connectivity index (χ4n) is 0.860. The van der Waals surface area contributed by atoms with Gasteiger partial charge in [0.1, 0.15) is 3.70 Å². The lowest BCUT2D eigenvalue weighted by Gasteiger charge is -2.11. The predicted molar refractivity (Wildman–Crippen MR) is 54.6 cm³/mol. The van der Waals surface area contributed by atoms with E-state index >= 15 is 0 Å². The average molecular weight is 366 g/mol. The van der Waals surface area contributed by atoms with Gasteiger partial charge in [0, 0.05) is 17.1 Å².